The molecule has 0 atom stereocenters. The first kappa shape index (κ1) is 16.6. The van der Waals surface area contributed by atoms with Gasteiger partial charge in [-0.1, -0.05) is 31.3 Å². The molecule has 4 nitrogen and oxygen atoms in total. The van der Waals surface area contributed by atoms with Crippen molar-refractivity contribution in [2.75, 3.05) is 25.5 Å². The van der Waals surface area contributed by atoms with E-state index in [1.54, 1.807) is 6.07 Å². The zero-order valence-electron chi connectivity index (χ0n) is 12.2. The molecule has 1 rings (SSSR count). The van der Waals surface area contributed by atoms with Crippen molar-refractivity contribution in [1.82, 2.24) is 4.90 Å². The minimum Gasteiger partial charge on any atom is -0.389 e. The fourth-order valence-electron chi connectivity index (χ4n) is 1.98. The number of thiocarbonyl (C=S) groups is 1. The van der Waals surface area contributed by atoms with E-state index in [9.17, 15) is 4.79 Å². The number of carbonyl (C=O) groups excluding carboxylic acids is 1. The van der Waals surface area contributed by atoms with Crippen molar-refractivity contribution < 1.29 is 4.79 Å². The van der Waals surface area contributed by atoms with Crippen molar-refractivity contribution in [2.24, 2.45) is 5.73 Å². The normalized spacial score (nSPS) is 10.6. The average molecular weight is 293 g/mol. The van der Waals surface area contributed by atoms with Gasteiger partial charge in [-0.2, -0.15) is 0 Å². The lowest BCUT2D eigenvalue weighted by atomic mass is 10.2. The molecule has 110 valence electrons. The lowest BCUT2D eigenvalue weighted by Gasteiger charge is -2.14. The second-order valence-corrected chi connectivity index (χ2v) is 5.34. The summed E-state index contributed by atoms with van der Waals surface area (Å²) in [6, 6.07) is 7.29. The number of benzene rings is 1. The Hall–Kier alpha value is -1.46. The lowest BCUT2D eigenvalue weighted by molar-refractivity contribution is -0.116. The van der Waals surface area contributed by atoms with E-state index in [1.807, 2.05) is 18.2 Å². The molecule has 0 spiro atoms. The molecule has 0 bridgehead atoms. The van der Waals surface area contributed by atoms with E-state index in [4.69, 9.17) is 18.0 Å². The molecular formula is C15H23N3OS. The lowest BCUT2D eigenvalue weighted by Crippen LogP contribution is -2.22. The van der Waals surface area contributed by atoms with Gasteiger partial charge in [-0.05, 0) is 45.1 Å². The number of amides is 1. The van der Waals surface area contributed by atoms with Gasteiger partial charge in [-0.3, -0.25) is 4.79 Å². The molecular weight excluding hydrogens is 270 g/mol. The van der Waals surface area contributed by atoms with Crippen molar-refractivity contribution >= 4 is 28.8 Å². The number of rotatable bonds is 8. The molecule has 1 aromatic carbocycles. The minimum absolute atomic E-state index is 0.0231. The Morgan fingerprint density at radius 3 is 2.80 bits per heavy atom. The van der Waals surface area contributed by atoms with Gasteiger partial charge >= 0.3 is 0 Å². The zero-order valence-corrected chi connectivity index (χ0v) is 13.0. The van der Waals surface area contributed by atoms with Crippen LogP contribution in [0.5, 0.6) is 0 Å². The van der Waals surface area contributed by atoms with Crippen molar-refractivity contribution in [3.8, 4) is 0 Å². The Morgan fingerprint density at radius 1 is 1.40 bits per heavy atom. The molecule has 20 heavy (non-hydrogen) atoms. The van der Waals surface area contributed by atoms with Gasteiger partial charge in [-0.25, -0.2) is 0 Å². The third-order valence-electron chi connectivity index (χ3n) is 2.98. The number of nitrogens with one attached hydrogen (secondary N) is 1. The second kappa shape index (κ2) is 8.66. The molecule has 0 heterocycles. The first-order valence-corrected chi connectivity index (χ1v) is 7.32. The highest BCUT2D eigenvalue weighted by Gasteiger charge is 2.05. The van der Waals surface area contributed by atoms with Crippen LogP contribution in [-0.4, -0.2) is 35.9 Å². The molecule has 5 heteroatoms. The Kier molecular flexibility index (Phi) is 7.18. The molecule has 0 aromatic heterocycles. The highest BCUT2D eigenvalue weighted by atomic mass is 32.1. The summed E-state index contributed by atoms with van der Waals surface area (Å²) in [4.78, 5) is 14.4. The van der Waals surface area contributed by atoms with Crippen LogP contribution in [0.4, 0.5) is 5.69 Å². The maximum absolute atomic E-state index is 11.8. The summed E-state index contributed by atoms with van der Waals surface area (Å²) in [6.45, 7) is 4.16. The fourth-order valence-corrected chi connectivity index (χ4v) is 2.10. The Morgan fingerprint density at radius 2 is 2.15 bits per heavy atom. The standard InChI is InChI=1S/C15H23N3OS/c1-3-9-18(2)10-5-8-14(19)17-13-7-4-6-12(11-13)15(16)20/h4,6-7,11H,3,5,8-10H2,1-2H3,(H2,16,20)(H,17,19). The Balaban J connectivity index is 2.39. The summed E-state index contributed by atoms with van der Waals surface area (Å²) < 4.78 is 0. The summed E-state index contributed by atoms with van der Waals surface area (Å²) >= 11 is 4.92. The van der Waals surface area contributed by atoms with E-state index in [-0.39, 0.29) is 5.91 Å². The first-order valence-electron chi connectivity index (χ1n) is 6.91. The number of nitrogens with two attached hydrogens (primary N) is 1. The van der Waals surface area contributed by atoms with Crippen LogP contribution < -0.4 is 11.1 Å². The molecule has 0 fully saturated rings. The molecule has 0 aliphatic heterocycles. The number of nitrogens with zero attached hydrogens (tertiary/aromatic N) is 1. The SMILES string of the molecule is CCCN(C)CCCC(=O)Nc1cccc(C(N)=S)c1. The average Bonchev–Trinajstić information content (AvgIpc) is 2.39. The molecule has 0 saturated carbocycles. The predicted octanol–water partition coefficient (Wildman–Crippen LogP) is 2.38. The van der Waals surface area contributed by atoms with Gasteiger partial charge in [0.1, 0.15) is 4.99 Å². The third kappa shape index (κ3) is 6.12. The van der Waals surface area contributed by atoms with E-state index >= 15 is 0 Å². The largest absolute Gasteiger partial charge is 0.389 e. The van der Waals surface area contributed by atoms with Crippen molar-refractivity contribution in [3.63, 3.8) is 0 Å². The van der Waals surface area contributed by atoms with Crippen molar-refractivity contribution in [2.45, 2.75) is 26.2 Å². The van der Waals surface area contributed by atoms with Gasteiger partial charge in [0.2, 0.25) is 5.91 Å². The predicted molar refractivity (Wildman–Crippen MR) is 88.0 cm³/mol. The van der Waals surface area contributed by atoms with Gasteiger partial charge in [-0.15, -0.1) is 0 Å². The van der Waals surface area contributed by atoms with Gasteiger partial charge in [0.15, 0.2) is 0 Å². The van der Waals surface area contributed by atoms with E-state index < -0.39 is 0 Å². The van der Waals surface area contributed by atoms with Crippen LogP contribution in [0, 0.1) is 0 Å². The molecule has 1 amide bonds. The fraction of sp³-hybridized carbons (Fsp3) is 0.467. The first-order chi connectivity index (χ1) is 9.52. The van der Waals surface area contributed by atoms with Crippen LogP contribution in [0.1, 0.15) is 31.7 Å². The van der Waals surface area contributed by atoms with E-state index in [1.165, 1.54) is 0 Å². The third-order valence-corrected chi connectivity index (χ3v) is 3.22. The topological polar surface area (TPSA) is 58.4 Å². The second-order valence-electron chi connectivity index (χ2n) is 4.90. The van der Waals surface area contributed by atoms with Gasteiger partial charge in [0.25, 0.3) is 0 Å². The summed E-state index contributed by atoms with van der Waals surface area (Å²) in [5.74, 6) is 0.0231. The van der Waals surface area contributed by atoms with Crippen LogP contribution in [0.2, 0.25) is 0 Å². The summed E-state index contributed by atoms with van der Waals surface area (Å²) in [6.07, 6.45) is 2.51. The van der Waals surface area contributed by atoms with Crippen LogP contribution in [0.3, 0.4) is 0 Å². The monoisotopic (exact) mass is 293 g/mol. The molecule has 3 N–H and O–H groups in total. The summed E-state index contributed by atoms with van der Waals surface area (Å²) in [5, 5.41) is 2.87. The van der Waals surface area contributed by atoms with Crippen LogP contribution >= 0.6 is 12.2 Å². The molecule has 1 aromatic rings. The molecule has 0 unspecified atom stereocenters. The van der Waals surface area contributed by atoms with Gasteiger partial charge in [0.05, 0.1) is 0 Å². The Labute approximate surface area is 126 Å². The quantitative estimate of drug-likeness (QED) is 0.723. The smallest absolute Gasteiger partial charge is 0.224 e. The number of anilines is 1. The van der Waals surface area contributed by atoms with E-state index in [0.29, 0.717) is 11.4 Å². The molecule has 0 aliphatic rings. The van der Waals surface area contributed by atoms with Crippen molar-refractivity contribution in [1.29, 1.82) is 0 Å². The van der Waals surface area contributed by atoms with Gasteiger partial charge < -0.3 is 16.0 Å². The zero-order chi connectivity index (χ0) is 15.0. The highest BCUT2D eigenvalue weighted by Crippen LogP contribution is 2.11. The van der Waals surface area contributed by atoms with E-state index in [2.05, 4.69) is 24.2 Å². The van der Waals surface area contributed by atoms with Crippen LogP contribution in [0.25, 0.3) is 0 Å². The molecule has 0 aliphatic carbocycles. The Bertz CT molecular complexity index is 462. The number of hydrogen-bond acceptors (Lipinski definition) is 3. The van der Waals surface area contributed by atoms with Crippen molar-refractivity contribution in [3.05, 3.63) is 29.8 Å². The molecule has 0 radical (unpaired) electrons. The van der Waals surface area contributed by atoms with E-state index in [0.717, 1.165) is 37.2 Å². The summed E-state index contributed by atoms with van der Waals surface area (Å²) in [7, 11) is 2.08. The maximum atomic E-state index is 11.8. The van der Waals surface area contributed by atoms with Crippen LogP contribution in [-0.2, 0) is 4.79 Å². The highest BCUT2D eigenvalue weighted by molar-refractivity contribution is 7.80. The van der Waals surface area contributed by atoms with Crippen LogP contribution in [0.15, 0.2) is 24.3 Å². The minimum atomic E-state index is 0.0231. The van der Waals surface area contributed by atoms with Gasteiger partial charge in [0, 0.05) is 17.7 Å². The molecule has 0 saturated heterocycles. The number of carbonyl (C=O) groups is 1. The number of hydrogen-bond donors (Lipinski definition) is 2. The maximum Gasteiger partial charge on any atom is 0.224 e. The summed E-state index contributed by atoms with van der Waals surface area (Å²) in [5.41, 5.74) is 7.07.